The van der Waals surface area contributed by atoms with Crippen LogP contribution in [0, 0.1) is 0 Å². The fraction of sp³-hybridized carbons (Fsp3) is 0.556. The van der Waals surface area contributed by atoms with E-state index in [1.165, 1.54) is 0 Å². The number of aliphatic hydroxyl groups excluding tert-OH is 2. The van der Waals surface area contributed by atoms with E-state index in [9.17, 15) is 53.4 Å². The second-order valence-corrected chi connectivity index (χ2v) is 9.55. The van der Waals surface area contributed by atoms with Gasteiger partial charge in [-0.3, -0.25) is 18.0 Å². The molecule has 6 unspecified atom stereocenters. The average molecular weight is 684 g/mol. The summed E-state index contributed by atoms with van der Waals surface area (Å²) in [6.45, 7) is -1.18. The molecular formula is C9H14HgN2O15P3. The number of rotatable bonds is 8. The van der Waals surface area contributed by atoms with Gasteiger partial charge in [-0.05, 0) is 11.9 Å². The fourth-order valence-corrected chi connectivity index (χ4v) is 5.00. The maximum Gasteiger partial charge on any atom is 1.00 e. The molecule has 0 amide bonds. The summed E-state index contributed by atoms with van der Waals surface area (Å²) in [4.78, 5) is 57.7. The van der Waals surface area contributed by atoms with Crippen molar-refractivity contribution in [2.75, 3.05) is 6.61 Å². The van der Waals surface area contributed by atoms with Gasteiger partial charge in [0.2, 0.25) is 0 Å². The molecule has 1 aliphatic rings. The van der Waals surface area contributed by atoms with Crippen molar-refractivity contribution in [3.8, 4) is 5.88 Å². The molecule has 1 radical (unpaired) electrons. The molecule has 2 heterocycles. The Labute approximate surface area is 192 Å². The van der Waals surface area contributed by atoms with Crippen molar-refractivity contribution in [1.29, 1.82) is 0 Å². The first kappa shape index (κ1) is 27.9. The van der Waals surface area contributed by atoms with E-state index in [0.29, 0.717) is 4.57 Å². The molecule has 21 heteroatoms. The van der Waals surface area contributed by atoms with Crippen LogP contribution in [0.25, 0.3) is 0 Å². The van der Waals surface area contributed by atoms with Crippen molar-refractivity contribution >= 4 is 23.5 Å². The molecule has 0 bridgehead atoms. The Kier molecular flexibility index (Phi) is 9.53. The Morgan fingerprint density at radius 1 is 1.13 bits per heavy atom. The molecule has 0 saturated carbocycles. The number of phosphoric acid groups is 3. The van der Waals surface area contributed by atoms with Crippen LogP contribution in [-0.4, -0.2) is 44.7 Å². The molecule has 17 nitrogen and oxygen atoms in total. The molecule has 0 aliphatic carbocycles. The molecule has 0 aromatic carbocycles. The van der Waals surface area contributed by atoms with Gasteiger partial charge in [0.25, 0.3) is 15.6 Å². The van der Waals surface area contributed by atoms with E-state index in [-0.39, 0.29) is 33.4 Å². The number of hydrogen-bond donors (Lipinski definition) is 2. The summed E-state index contributed by atoms with van der Waals surface area (Å²) in [6.07, 6.45) is -6.09. The molecule has 1 aliphatic heterocycles. The smallest absolute Gasteiger partial charge is 0.858 e. The first-order valence-electron chi connectivity index (χ1n) is 7.09. The van der Waals surface area contributed by atoms with Gasteiger partial charge in [0.15, 0.2) is 6.23 Å². The summed E-state index contributed by atoms with van der Waals surface area (Å²) < 4.78 is 48.8. The van der Waals surface area contributed by atoms with Crippen LogP contribution in [-0.2, 0) is 59.2 Å². The Hall–Kier alpha value is -0.0949. The second kappa shape index (κ2) is 10.2. The van der Waals surface area contributed by atoms with E-state index in [4.69, 9.17) is 4.74 Å². The topological polar surface area (TPSA) is 279 Å². The van der Waals surface area contributed by atoms with Gasteiger partial charge >= 0.3 is 39.1 Å². The molecule has 1 saturated heterocycles. The molecule has 1 aromatic heterocycles. The summed E-state index contributed by atoms with van der Waals surface area (Å²) in [5, 5.41) is 30.8. The van der Waals surface area contributed by atoms with Crippen LogP contribution < -0.4 is 30.4 Å². The summed E-state index contributed by atoms with van der Waals surface area (Å²) in [6, 6.07) is 0.837. The van der Waals surface area contributed by atoms with Crippen molar-refractivity contribution in [2.24, 2.45) is 0 Å². The maximum atomic E-state index is 11.7. The fourth-order valence-electron chi connectivity index (χ4n) is 2.14. The Bertz CT molecular complexity index is 967. The number of phosphoric ester groups is 1. The third kappa shape index (κ3) is 7.80. The van der Waals surface area contributed by atoms with Crippen LogP contribution in [0.1, 0.15) is 11.9 Å². The predicted molar refractivity (Wildman–Crippen MR) is 79.3 cm³/mol. The SMILES string of the molecule is O=c1nc([O-])ccn1C1OC(COP(=O)([O-])OP(=O)([O-])OP(=O)([O-])[O-])C(O)C1O.[H+].[H+].[H+].[H+].[Hg+]. The third-order valence-electron chi connectivity index (χ3n) is 3.21. The maximum absolute atomic E-state index is 11.7. The minimum Gasteiger partial charge on any atom is -0.858 e. The van der Waals surface area contributed by atoms with Gasteiger partial charge in [0, 0.05) is 6.20 Å². The summed E-state index contributed by atoms with van der Waals surface area (Å²) in [5.74, 6) is -0.895. The monoisotopic (exact) mass is 685 g/mol. The Morgan fingerprint density at radius 3 is 2.27 bits per heavy atom. The number of aliphatic hydroxyl groups is 2. The van der Waals surface area contributed by atoms with E-state index in [2.05, 4.69) is 18.1 Å². The molecule has 167 valence electrons. The van der Waals surface area contributed by atoms with E-state index in [0.717, 1.165) is 12.3 Å². The minimum absolute atomic E-state index is 0. The second-order valence-electron chi connectivity index (χ2n) is 5.30. The molecule has 30 heavy (non-hydrogen) atoms. The predicted octanol–water partition coefficient (Wildman–Crippen LogP) is -4.80. The zero-order valence-corrected chi connectivity index (χ0v) is 22.5. The molecule has 2 rings (SSSR count). The molecular weight excluding hydrogens is 670 g/mol. The molecule has 2 N–H and O–H groups in total. The quantitative estimate of drug-likeness (QED) is 0.192. The Morgan fingerprint density at radius 2 is 1.73 bits per heavy atom. The van der Waals surface area contributed by atoms with Crippen molar-refractivity contribution in [1.82, 2.24) is 9.55 Å². The zero-order chi connectivity index (χ0) is 22.2. The largest absolute Gasteiger partial charge is 1.00 e. The van der Waals surface area contributed by atoms with Gasteiger partial charge in [0.1, 0.15) is 18.3 Å². The average Bonchev–Trinajstić information content (AvgIpc) is 2.78. The van der Waals surface area contributed by atoms with Crippen LogP contribution in [0.4, 0.5) is 0 Å². The summed E-state index contributed by atoms with van der Waals surface area (Å²) in [7, 11) is -18.2. The number of hydrogen-bond acceptors (Lipinski definition) is 16. The van der Waals surface area contributed by atoms with Gasteiger partial charge in [-0.15, -0.1) is 0 Å². The first-order valence-corrected chi connectivity index (χ1v) is 11.5. The van der Waals surface area contributed by atoms with Crippen LogP contribution in [0.2, 0.25) is 0 Å². The van der Waals surface area contributed by atoms with Gasteiger partial charge in [0.05, 0.1) is 14.4 Å². The number of ether oxygens (including phenoxy) is 1. The Balaban J connectivity index is -0.000000900. The van der Waals surface area contributed by atoms with E-state index < -0.39 is 66.2 Å². The minimum atomic E-state index is -6.17. The van der Waals surface area contributed by atoms with Crippen molar-refractivity contribution in [2.45, 2.75) is 24.5 Å². The zero-order valence-electron chi connectivity index (χ0n) is 18.3. The van der Waals surface area contributed by atoms with Gasteiger partial charge in [-0.2, -0.15) is 0 Å². The number of aromatic nitrogens is 2. The standard InChI is InChI=1S/C9H15N2O15P3.Hg/c12-5-1-2-11(9(15)10-5)8-7(14)6(13)4(24-8)3-23-28(19,20)26-29(21,22)25-27(16,17)18;/h1-2,4,6-8,13-14H,3H2,(H,19,20)(H,21,22)(H,10,12,15)(H2,16,17,18);/q;+1/p-1. The van der Waals surface area contributed by atoms with Crippen LogP contribution in [0.5, 0.6) is 5.88 Å². The van der Waals surface area contributed by atoms with Gasteiger partial charge < -0.3 is 48.7 Å². The molecule has 1 aromatic rings. The van der Waals surface area contributed by atoms with Crippen LogP contribution in [0.15, 0.2) is 17.1 Å². The van der Waals surface area contributed by atoms with Crippen LogP contribution >= 0.6 is 23.5 Å². The molecule has 1 fully saturated rings. The first-order chi connectivity index (χ1) is 13.1. The van der Waals surface area contributed by atoms with Crippen LogP contribution in [0.3, 0.4) is 0 Å². The molecule has 6 atom stereocenters. The number of nitrogens with zero attached hydrogens (tertiary/aromatic N) is 2. The molecule has 0 spiro atoms. The van der Waals surface area contributed by atoms with Crippen molar-refractivity contribution < 1.29 is 99.8 Å². The summed E-state index contributed by atoms with van der Waals surface area (Å²) in [5.41, 5.74) is -1.16. The van der Waals surface area contributed by atoms with Gasteiger partial charge in [-0.1, -0.05) is 0 Å². The van der Waals surface area contributed by atoms with Crippen molar-refractivity contribution in [3.63, 3.8) is 0 Å². The van der Waals surface area contributed by atoms with Gasteiger partial charge in [-0.25, -0.2) is 14.1 Å². The van der Waals surface area contributed by atoms with E-state index in [1.54, 1.807) is 0 Å². The normalized spacial score (nSPS) is 28.3. The van der Waals surface area contributed by atoms with E-state index >= 15 is 0 Å². The van der Waals surface area contributed by atoms with Crippen molar-refractivity contribution in [3.05, 3.63) is 22.7 Å². The third-order valence-corrected chi connectivity index (χ3v) is 6.88. The summed E-state index contributed by atoms with van der Waals surface area (Å²) >= 11 is 0. The van der Waals surface area contributed by atoms with E-state index in [1.807, 2.05) is 0 Å².